The summed E-state index contributed by atoms with van der Waals surface area (Å²) in [5.74, 6) is -0.260. The monoisotopic (exact) mass is 278 g/mol. The van der Waals surface area contributed by atoms with Crippen LogP contribution in [0.2, 0.25) is 0 Å². The third-order valence-electron chi connectivity index (χ3n) is 5.86. The number of carbonyl (C=O) groups is 1. The lowest BCUT2D eigenvalue weighted by Crippen LogP contribution is -2.46. The quantitative estimate of drug-likeness (QED) is 0.478. The van der Waals surface area contributed by atoms with Gasteiger partial charge >= 0.3 is 5.97 Å². The Hall–Kier alpha value is -0.830. The highest BCUT2D eigenvalue weighted by molar-refractivity contribution is 5.87. The Labute approximate surface area is 121 Å². The Bertz CT molecular complexity index is 392. The third kappa shape index (κ3) is 2.11. The molecular weight excluding hydrogens is 252 g/mol. The first-order valence-corrected chi connectivity index (χ1v) is 8.15. The third-order valence-corrected chi connectivity index (χ3v) is 5.86. The summed E-state index contributed by atoms with van der Waals surface area (Å²) in [6, 6.07) is 0. The second-order valence-electron chi connectivity index (χ2n) is 7.03. The normalized spacial score (nSPS) is 43.5. The van der Waals surface area contributed by atoms with E-state index in [1.165, 1.54) is 25.7 Å². The number of esters is 1. The van der Waals surface area contributed by atoms with Crippen LogP contribution in [0, 0.1) is 23.7 Å². The van der Waals surface area contributed by atoms with Crippen molar-refractivity contribution in [2.75, 3.05) is 0 Å². The van der Waals surface area contributed by atoms with Gasteiger partial charge in [-0.15, -0.1) is 0 Å². The van der Waals surface area contributed by atoms with E-state index in [1.807, 2.05) is 0 Å². The van der Waals surface area contributed by atoms with Gasteiger partial charge in [-0.3, -0.25) is 0 Å². The van der Waals surface area contributed by atoms with Gasteiger partial charge in [0.05, 0.1) is 0 Å². The Morgan fingerprint density at radius 3 is 1.95 bits per heavy atom. The summed E-state index contributed by atoms with van der Waals surface area (Å²) in [4.78, 5) is 12.0. The molecule has 4 atom stereocenters. The van der Waals surface area contributed by atoms with E-state index in [1.54, 1.807) is 6.92 Å². The largest absolute Gasteiger partial charge is 0.429 e. The Balaban J connectivity index is 1.89. The van der Waals surface area contributed by atoms with Crippen LogP contribution in [-0.2, 0) is 9.53 Å². The number of hydrogen-bond acceptors (Lipinski definition) is 3. The molecule has 0 bridgehead atoms. The second kappa shape index (κ2) is 5.18. The zero-order valence-corrected chi connectivity index (χ0v) is 12.4. The molecule has 112 valence electrons. The van der Waals surface area contributed by atoms with Crippen LogP contribution in [0.15, 0.2) is 12.2 Å². The molecule has 3 aliphatic carbocycles. The molecule has 4 unspecified atom stereocenters. The van der Waals surface area contributed by atoms with Crippen molar-refractivity contribution >= 4 is 5.97 Å². The summed E-state index contributed by atoms with van der Waals surface area (Å²) in [5.41, 5.74) is 0.380. The van der Waals surface area contributed by atoms with Crippen LogP contribution in [0.3, 0.4) is 0 Å². The summed E-state index contributed by atoms with van der Waals surface area (Å²) >= 11 is 0. The molecule has 3 aliphatic rings. The standard InChI is InChI=1S/C17H26O3/c1-11(2)16(18)20-17(19)14-9-5-3-7-12(14)13-8-4-6-10-15(13)17/h12-15,19H,1,3-10H2,2H3. The first-order valence-electron chi connectivity index (χ1n) is 8.15. The lowest BCUT2D eigenvalue weighted by atomic mass is 9.73. The summed E-state index contributed by atoms with van der Waals surface area (Å²) in [5, 5.41) is 11.2. The summed E-state index contributed by atoms with van der Waals surface area (Å²) < 4.78 is 5.62. The maximum Gasteiger partial charge on any atom is 0.335 e. The molecule has 0 radical (unpaired) electrons. The molecule has 0 aromatic rings. The van der Waals surface area contributed by atoms with Gasteiger partial charge in [0, 0.05) is 17.4 Å². The van der Waals surface area contributed by atoms with Crippen LogP contribution in [0.5, 0.6) is 0 Å². The van der Waals surface area contributed by atoms with E-state index in [0.717, 1.165) is 25.7 Å². The van der Waals surface area contributed by atoms with Crippen LogP contribution in [0.25, 0.3) is 0 Å². The van der Waals surface area contributed by atoms with Crippen molar-refractivity contribution in [2.45, 2.75) is 64.1 Å². The molecule has 0 saturated heterocycles. The molecule has 3 heteroatoms. The fourth-order valence-corrected chi connectivity index (χ4v) is 5.03. The summed E-state index contributed by atoms with van der Waals surface area (Å²) in [6.45, 7) is 5.30. The van der Waals surface area contributed by atoms with Gasteiger partial charge in [-0.1, -0.05) is 32.3 Å². The van der Waals surface area contributed by atoms with Gasteiger partial charge in [-0.05, 0) is 44.4 Å². The molecule has 3 saturated carbocycles. The van der Waals surface area contributed by atoms with Crippen molar-refractivity contribution in [3.8, 4) is 0 Å². The smallest absolute Gasteiger partial charge is 0.335 e. The first-order chi connectivity index (χ1) is 9.54. The van der Waals surface area contributed by atoms with E-state index in [2.05, 4.69) is 6.58 Å². The fraction of sp³-hybridized carbons (Fsp3) is 0.824. The molecule has 3 fully saturated rings. The maximum absolute atomic E-state index is 12.0. The van der Waals surface area contributed by atoms with Crippen LogP contribution >= 0.6 is 0 Å². The molecule has 3 rings (SSSR count). The lowest BCUT2D eigenvalue weighted by Gasteiger charge is -2.38. The van der Waals surface area contributed by atoms with E-state index < -0.39 is 11.8 Å². The molecule has 0 aliphatic heterocycles. The number of carbonyl (C=O) groups excluding carboxylic acids is 1. The van der Waals surface area contributed by atoms with Gasteiger partial charge in [-0.25, -0.2) is 4.79 Å². The van der Waals surface area contributed by atoms with Gasteiger partial charge in [-0.2, -0.15) is 0 Å². The van der Waals surface area contributed by atoms with Crippen molar-refractivity contribution in [3.63, 3.8) is 0 Å². The fourth-order valence-electron chi connectivity index (χ4n) is 5.03. The highest BCUT2D eigenvalue weighted by Gasteiger charge is 2.62. The van der Waals surface area contributed by atoms with Crippen molar-refractivity contribution < 1.29 is 14.6 Å². The minimum atomic E-state index is -1.23. The minimum Gasteiger partial charge on any atom is -0.429 e. The van der Waals surface area contributed by atoms with Crippen LogP contribution < -0.4 is 0 Å². The topological polar surface area (TPSA) is 46.5 Å². The predicted molar refractivity (Wildman–Crippen MR) is 76.8 cm³/mol. The first kappa shape index (κ1) is 14.1. The molecule has 0 aromatic carbocycles. The van der Waals surface area contributed by atoms with Gasteiger partial charge in [0.2, 0.25) is 5.79 Å². The Morgan fingerprint density at radius 1 is 1.05 bits per heavy atom. The van der Waals surface area contributed by atoms with Crippen molar-refractivity contribution in [1.82, 2.24) is 0 Å². The second-order valence-corrected chi connectivity index (χ2v) is 7.03. The molecule has 0 heterocycles. The number of ether oxygens (including phenoxy) is 1. The average Bonchev–Trinajstić information content (AvgIpc) is 2.70. The summed E-state index contributed by atoms with van der Waals surface area (Å²) in [6.07, 6.45) is 9.19. The molecule has 0 spiro atoms. The van der Waals surface area contributed by atoms with Crippen LogP contribution in [-0.4, -0.2) is 16.9 Å². The number of rotatable bonds is 2. The highest BCUT2D eigenvalue weighted by Crippen LogP contribution is 2.59. The van der Waals surface area contributed by atoms with Crippen molar-refractivity contribution in [2.24, 2.45) is 23.7 Å². The van der Waals surface area contributed by atoms with Gasteiger partial charge in [0.1, 0.15) is 0 Å². The maximum atomic E-state index is 12.0. The average molecular weight is 278 g/mol. The minimum absolute atomic E-state index is 0.146. The Kier molecular flexibility index (Phi) is 3.65. The zero-order valence-electron chi connectivity index (χ0n) is 12.4. The number of aliphatic hydroxyl groups is 1. The van der Waals surface area contributed by atoms with E-state index in [4.69, 9.17) is 4.74 Å². The SMILES string of the molecule is C=C(C)C(=O)OC1(O)C2CCCCC2C2CCCCC21. The van der Waals surface area contributed by atoms with Crippen molar-refractivity contribution in [3.05, 3.63) is 12.2 Å². The molecule has 20 heavy (non-hydrogen) atoms. The molecule has 1 N–H and O–H groups in total. The van der Waals surface area contributed by atoms with E-state index in [9.17, 15) is 9.90 Å². The predicted octanol–water partition coefficient (Wildman–Crippen LogP) is 3.42. The van der Waals surface area contributed by atoms with E-state index >= 15 is 0 Å². The lowest BCUT2D eigenvalue weighted by molar-refractivity contribution is -0.246. The molecule has 0 amide bonds. The highest BCUT2D eigenvalue weighted by atomic mass is 16.7. The van der Waals surface area contributed by atoms with Gasteiger partial charge in [0.25, 0.3) is 0 Å². The van der Waals surface area contributed by atoms with E-state index in [0.29, 0.717) is 17.4 Å². The number of fused-ring (bicyclic) bond motifs is 3. The van der Waals surface area contributed by atoms with Crippen LogP contribution in [0.1, 0.15) is 58.3 Å². The van der Waals surface area contributed by atoms with Gasteiger partial charge < -0.3 is 9.84 Å². The molecule has 3 nitrogen and oxygen atoms in total. The van der Waals surface area contributed by atoms with Crippen molar-refractivity contribution in [1.29, 1.82) is 0 Å². The molecular formula is C17H26O3. The summed E-state index contributed by atoms with van der Waals surface area (Å²) in [7, 11) is 0. The van der Waals surface area contributed by atoms with Crippen LogP contribution in [0.4, 0.5) is 0 Å². The van der Waals surface area contributed by atoms with E-state index in [-0.39, 0.29) is 11.8 Å². The molecule has 0 aromatic heterocycles. The zero-order chi connectivity index (χ0) is 14.3. The number of hydrogen-bond donors (Lipinski definition) is 1. The van der Waals surface area contributed by atoms with Gasteiger partial charge in [0.15, 0.2) is 0 Å². The Morgan fingerprint density at radius 2 is 1.50 bits per heavy atom.